The van der Waals surface area contributed by atoms with Crippen molar-refractivity contribution in [2.24, 2.45) is 5.10 Å². The number of aryl methyl sites for hydroxylation is 2. The lowest BCUT2D eigenvalue weighted by molar-refractivity contribution is 0.251. The molecule has 0 N–H and O–H groups in total. The fourth-order valence-corrected chi connectivity index (χ4v) is 2.41. The Morgan fingerprint density at radius 2 is 2.22 bits per heavy atom. The molecule has 5 nitrogen and oxygen atoms in total. The number of hydrogen-bond acceptors (Lipinski definition) is 5. The quantitative estimate of drug-likeness (QED) is 0.785. The smallest absolute Gasteiger partial charge is 0.289 e. The lowest BCUT2D eigenvalue weighted by Crippen LogP contribution is -2.22. The normalized spacial score (nSPS) is 11.3. The number of nitrogens with zero attached hydrogens (tertiary/aromatic N) is 3. The fourth-order valence-electron chi connectivity index (χ4n) is 1.96. The van der Waals surface area contributed by atoms with Gasteiger partial charge in [0.15, 0.2) is 0 Å². The minimum Gasteiger partial charge on any atom is -0.459 e. The number of pyridine rings is 1. The first-order valence-electron chi connectivity index (χ1n) is 6.58. The van der Waals surface area contributed by atoms with E-state index in [0.29, 0.717) is 34.5 Å². The van der Waals surface area contributed by atoms with Crippen molar-refractivity contribution in [2.45, 2.75) is 25.4 Å². The first kappa shape index (κ1) is 17.0. The van der Waals surface area contributed by atoms with E-state index in [1.807, 2.05) is 6.07 Å². The van der Waals surface area contributed by atoms with Crippen LogP contribution in [0.3, 0.4) is 0 Å². The largest absolute Gasteiger partial charge is 0.459 e. The molecule has 23 heavy (non-hydrogen) atoms. The third-order valence-corrected chi connectivity index (χ3v) is 3.71. The predicted molar refractivity (Wildman–Crippen MR) is 83.9 cm³/mol. The third kappa shape index (κ3) is 4.07. The zero-order chi connectivity index (χ0) is 17.0. The van der Waals surface area contributed by atoms with Gasteiger partial charge >= 0.3 is 0 Å². The standard InChI is InChI=1S/C15H13F2N3O2S/c1-9-5-10(2)20(14(21)13(9)6-18)19-7-11-3-4-12(22-11)8-23-15(16)17/h3-5,7,15H,8H2,1-2H3. The Labute approximate surface area is 135 Å². The van der Waals surface area contributed by atoms with Crippen molar-refractivity contribution >= 4 is 18.0 Å². The van der Waals surface area contributed by atoms with Gasteiger partial charge in [0.25, 0.3) is 11.3 Å². The highest BCUT2D eigenvalue weighted by Gasteiger charge is 2.10. The molecule has 0 aliphatic rings. The molecule has 2 aromatic heterocycles. The average molecular weight is 337 g/mol. The molecule has 0 bridgehead atoms. The molecule has 120 valence electrons. The zero-order valence-electron chi connectivity index (χ0n) is 12.4. The molecule has 0 radical (unpaired) electrons. The second-order valence-corrected chi connectivity index (χ2v) is 5.67. The first-order chi connectivity index (χ1) is 10.9. The van der Waals surface area contributed by atoms with Crippen LogP contribution in [0.2, 0.25) is 0 Å². The Hall–Kier alpha value is -2.40. The van der Waals surface area contributed by atoms with Gasteiger partial charge in [0.2, 0.25) is 0 Å². The minimum atomic E-state index is -2.46. The maximum absolute atomic E-state index is 12.2. The van der Waals surface area contributed by atoms with E-state index in [-0.39, 0.29) is 11.3 Å². The van der Waals surface area contributed by atoms with Crippen LogP contribution in [0.5, 0.6) is 0 Å². The minimum absolute atomic E-state index is 0.0289. The van der Waals surface area contributed by atoms with Gasteiger partial charge in [-0.25, -0.2) is 4.68 Å². The van der Waals surface area contributed by atoms with E-state index in [9.17, 15) is 13.6 Å². The maximum Gasteiger partial charge on any atom is 0.289 e. The summed E-state index contributed by atoms with van der Waals surface area (Å²) in [6.07, 6.45) is 1.31. The summed E-state index contributed by atoms with van der Waals surface area (Å²) >= 11 is 0.461. The maximum atomic E-state index is 12.2. The topological polar surface area (TPSA) is 71.3 Å². The molecule has 2 rings (SSSR count). The van der Waals surface area contributed by atoms with Crippen molar-refractivity contribution in [3.05, 3.63) is 56.9 Å². The van der Waals surface area contributed by atoms with Crippen molar-refractivity contribution in [3.8, 4) is 6.07 Å². The van der Waals surface area contributed by atoms with Crippen LogP contribution in [-0.2, 0) is 5.75 Å². The summed E-state index contributed by atoms with van der Waals surface area (Å²) < 4.78 is 30.7. The number of rotatable bonds is 5. The zero-order valence-corrected chi connectivity index (χ0v) is 13.2. The molecule has 0 atom stereocenters. The number of alkyl halides is 2. The SMILES string of the molecule is Cc1cc(C)n(N=Cc2ccc(CSC(F)F)o2)c(=O)c1C#N. The Morgan fingerprint density at radius 1 is 1.48 bits per heavy atom. The van der Waals surface area contributed by atoms with Crippen molar-refractivity contribution in [1.82, 2.24) is 4.68 Å². The number of thioether (sulfide) groups is 1. The highest BCUT2D eigenvalue weighted by molar-refractivity contribution is 7.98. The highest BCUT2D eigenvalue weighted by Crippen LogP contribution is 2.20. The first-order valence-corrected chi connectivity index (χ1v) is 7.63. The van der Waals surface area contributed by atoms with E-state index in [4.69, 9.17) is 9.68 Å². The highest BCUT2D eigenvalue weighted by atomic mass is 32.2. The van der Waals surface area contributed by atoms with E-state index in [1.165, 1.54) is 6.21 Å². The molecule has 8 heteroatoms. The summed E-state index contributed by atoms with van der Waals surface area (Å²) in [5.41, 5.74) is 0.677. The van der Waals surface area contributed by atoms with Gasteiger partial charge in [-0.2, -0.15) is 19.1 Å². The van der Waals surface area contributed by atoms with Crippen LogP contribution < -0.4 is 5.56 Å². The van der Waals surface area contributed by atoms with Crippen LogP contribution in [0.1, 0.15) is 28.3 Å². The molecule has 0 fully saturated rings. The van der Waals surface area contributed by atoms with E-state index in [1.54, 1.807) is 32.0 Å². The summed E-state index contributed by atoms with van der Waals surface area (Å²) in [5, 5.41) is 13.0. The average Bonchev–Trinajstić information content (AvgIpc) is 2.93. The van der Waals surface area contributed by atoms with Crippen molar-refractivity contribution in [2.75, 3.05) is 0 Å². The van der Waals surface area contributed by atoms with Gasteiger partial charge in [0.1, 0.15) is 23.2 Å². The Kier molecular flexibility index (Phi) is 5.34. The molecule has 0 spiro atoms. The summed E-state index contributed by atoms with van der Waals surface area (Å²) in [7, 11) is 0. The number of aromatic nitrogens is 1. The van der Waals surface area contributed by atoms with Gasteiger partial charge in [-0.15, -0.1) is 0 Å². The lowest BCUT2D eigenvalue weighted by Gasteiger charge is -2.05. The van der Waals surface area contributed by atoms with E-state index in [0.717, 1.165) is 4.68 Å². The van der Waals surface area contributed by atoms with E-state index >= 15 is 0 Å². The molecule has 2 aromatic rings. The number of furan rings is 1. The molecule has 0 saturated carbocycles. The molecule has 0 amide bonds. The van der Waals surface area contributed by atoms with Crippen LogP contribution in [0.4, 0.5) is 8.78 Å². The Bertz CT molecular complexity index is 834. The fraction of sp³-hybridized carbons (Fsp3) is 0.267. The molecule has 0 aliphatic heterocycles. The van der Waals surface area contributed by atoms with Crippen LogP contribution in [0.25, 0.3) is 0 Å². The van der Waals surface area contributed by atoms with Crippen LogP contribution in [-0.4, -0.2) is 16.6 Å². The van der Waals surface area contributed by atoms with Gasteiger partial charge in [-0.05, 0) is 37.6 Å². The Morgan fingerprint density at radius 3 is 2.87 bits per heavy atom. The third-order valence-electron chi connectivity index (χ3n) is 3.01. The van der Waals surface area contributed by atoms with Crippen molar-refractivity contribution in [3.63, 3.8) is 0 Å². The van der Waals surface area contributed by atoms with E-state index in [2.05, 4.69) is 5.10 Å². The van der Waals surface area contributed by atoms with Crippen LogP contribution >= 0.6 is 11.8 Å². The lowest BCUT2D eigenvalue weighted by atomic mass is 10.1. The summed E-state index contributed by atoms with van der Waals surface area (Å²) in [6, 6.07) is 6.69. The van der Waals surface area contributed by atoms with Gasteiger partial charge in [0, 0.05) is 5.69 Å². The molecular weight excluding hydrogens is 324 g/mol. The van der Waals surface area contributed by atoms with Gasteiger partial charge in [-0.1, -0.05) is 11.8 Å². The summed E-state index contributed by atoms with van der Waals surface area (Å²) in [5.74, 6) is -1.69. The molecular formula is C15H13F2N3O2S. The Balaban J connectivity index is 2.25. The van der Waals surface area contributed by atoms with Gasteiger partial charge < -0.3 is 4.42 Å². The van der Waals surface area contributed by atoms with Crippen molar-refractivity contribution in [1.29, 1.82) is 5.26 Å². The number of hydrogen-bond donors (Lipinski definition) is 0. The molecule has 2 heterocycles. The predicted octanol–water partition coefficient (Wildman–Crippen LogP) is 3.27. The second kappa shape index (κ2) is 7.24. The number of nitriles is 1. The molecule has 0 saturated heterocycles. The van der Waals surface area contributed by atoms with Crippen LogP contribution in [0, 0.1) is 25.2 Å². The van der Waals surface area contributed by atoms with Crippen LogP contribution in [0.15, 0.2) is 32.5 Å². The second-order valence-electron chi connectivity index (χ2n) is 4.69. The molecule has 0 aliphatic carbocycles. The number of halogens is 2. The molecule has 0 unspecified atom stereocenters. The summed E-state index contributed by atoms with van der Waals surface area (Å²) in [4.78, 5) is 12.2. The van der Waals surface area contributed by atoms with Crippen molar-refractivity contribution < 1.29 is 13.2 Å². The van der Waals surface area contributed by atoms with E-state index < -0.39 is 11.3 Å². The monoisotopic (exact) mass is 337 g/mol. The van der Waals surface area contributed by atoms with Gasteiger partial charge in [-0.3, -0.25) is 4.79 Å². The summed E-state index contributed by atoms with van der Waals surface area (Å²) in [6.45, 7) is 3.38. The van der Waals surface area contributed by atoms with Gasteiger partial charge in [0.05, 0.1) is 12.0 Å². The molecule has 0 aromatic carbocycles.